The molecule has 0 atom stereocenters. The Morgan fingerprint density at radius 3 is 1.67 bits per heavy atom. The van der Waals surface area contributed by atoms with Crippen molar-refractivity contribution in [1.29, 1.82) is 5.26 Å². The van der Waals surface area contributed by atoms with Crippen molar-refractivity contribution in [3.05, 3.63) is 162 Å². The van der Waals surface area contributed by atoms with Crippen molar-refractivity contribution in [2.75, 3.05) is 0 Å². The zero-order chi connectivity index (χ0) is 31.0. The molecule has 2 aromatic heterocycles. The maximum absolute atomic E-state index is 9.17. The number of aromatic nitrogens is 3. The number of para-hydroxylation sites is 2. The average molecular weight is 654 g/mol. The highest BCUT2D eigenvalue weighted by Gasteiger charge is 2.16. The van der Waals surface area contributed by atoms with Gasteiger partial charge < -0.3 is 4.57 Å². The number of fused-ring (bicyclic) bond motifs is 3. The second-order valence-electron chi connectivity index (χ2n) is 11.2. The van der Waals surface area contributed by atoms with Gasteiger partial charge in [0.15, 0.2) is 5.82 Å². The van der Waals surface area contributed by atoms with E-state index < -0.39 is 0 Å². The van der Waals surface area contributed by atoms with Crippen LogP contribution in [-0.2, 0) is 0 Å². The summed E-state index contributed by atoms with van der Waals surface area (Å²) in [4.78, 5) is 10.1. The van der Waals surface area contributed by atoms with Gasteiger partial charge >= 0.3 is 0 Å². The Morgan fingerprint density at radius 2 is 1.04 bits per heavy atom. The quantitative estimate of drug-likeness (QED) is 0.186. The van der Waals surface area contributed by atoms with Crippen LogP contribution in [0.15, 0.2) is 156 Å². The first-order chi connectivity index (χ1) is 22.6. The van der Waals surface area contributed by atoms with Crippen molar-refractivity contribution < 1.29 is 0 Å². The van der Waals surface area contributed by atoms with E-state index in [0.717, 1.165) is 60.4 Å². The fraction of sp³-hybridized carbons (Fsp3) is 0. The molecule has 0 N–H and O–H groups in total. The molecule has 0 aliphatic heterocycles. The second kappa shape index (κ2) is 11.6. The molecular formula is C41H25BrN4. The molecule has 8 aromatic rings. The van der Waals surface area contributed by atoms with Crippen LogP contribution in [0.1, 0.15) is 5.56 Å². The third kappa shape index (κ3) is 5.05. The van der Waals surface area contributed by atoms with E-state index in [-0.39, 0.29) is 0 Å². The van der Waals surface area contributed by atoms with E-state index in [0.29, 0.717) is 11.4 Å². The lowest BCUT2D eigenvalue weighted by atomic mass is 10.0. The summed E-state index contributed by atoms with van der Waals surface area (Å²) in [7, 11) is 0. The van der Waals surface area contributed by atoms with Crippen molar-refractivity contribution in [1.82, 2.24) is 14.5 Å². The van der Waals surface area contributed by atoms with Crippen molar-refractivity contribution in [2.24, 2.45) is 0 Å². The molecule has 46 heavy (non-hydrogen) atoms. The molecule has 0 saturated carbocycles. The molecule has 8 rings (SSSR count). The molecule has 0 aliphatic rings. The van der Waals surface area contributed by atoms with Crippen LogP contribution in [0.4, 0.5) is 0 Å². The van der Waals surface area contributed by atoms with Crippen molar-refractivity contribution in [2.45, 2.75) is 0 Å². The van der Waals surface area contributed by atoms with Crippen LogP contribution in [0.25, 0.3) is 72.5 Å². The fourth-order valence-corrected chi connectivity index (χ4v) is 6.56. The standard InChI is InChI=1S/C41H25BrN4/c42-33-22-32(23-34(24-33)46-39-12-6-4-10-35(39)36-11-5-7-13-40(36)46)38-25-37(44-41(45-38)31-8-2-1-3-9-31)30-20-18-29(19-21-30)28-16-14-27(26-43)15-17-28/h1-25H. The lowest BCUT2D eigenvalue weighted by Crippen LogP contribution is -1.98. The number of hydrogen-bond acceptors (Lipinski definition) is 3. The lowest BCUT2D eigenvalue weighted by molar-refractivity contribution is 1.16. The Labute approximate surface area is 275 Å². The first-order valence-corrected chi connectivity index (χ1v) is 15.8. The summed E-state index contributed by atoms with van der Waals surface area (Å²) in [6, 6.07) is 54.0. The minimum atomic E-state index is 0.649. The molecular weight excluding hydrogens is 628 g/mol. The molecule has 0 unspecified atom stereocenters. The molecule has 0 fully saturated rings. The molecule has 0 saturated heterocycles. The number of nitriles is 1. The number of rotatable bonds is 5. The van der Waals surface area contributed by atoms with E-state index >= 15 is 0 Å². The van der Waals surface area contributed by atoms with Crippen LogP contribution in [-0.4, -0.2) is 14.5 Å². The Bertz CT molecular complexity index is 2370. The second-order valence-corrected chi connectivity index (χ2v) is 12.1. The van der Waals surface area contributed by atoms with Crippen molar-refractivity contribution >= 4 is 37.7 Å². The molecule has 0 aliphatic carbocycles. The lowest BCUT2D eigenvalue weighted by Gasteiger charge is -2.13. The largest absolute Gasteiger partial charge is 0.309 e. The molecule has 0 spiro atoms. The van der Waals surface area contributed by atoms with Gasteiger partial charge in [0.25, 0.3) is 0 Å². The molecule has 4 nitrogen and oxygen atoms in total. The van der Waals surface area contributed by atoms with Gasteiger partial charge in [-0.2, -0.15) is 5.26 Å². The van der Waals surface area contributed by atoms with Gasteiger partial charge in [-0.25, -0.2) is 9.97 Å². The maximum atomic E-state index is 9.17. The SMILES string of the molecule is N#Cc1ccc(-c2ccc(-c3cc(-c4cc(Br)cc(-n5c6ccccc6c6ccccc65)c4)nc(-c4ccccc4)n3)cc2)cc1. The average Bonchev–Trinajstić information content (AvgIpc) is 3.46. The Morgan fingerprint density at radius 1 is 0.500 bits per heavy atom. The number of nitrogens with zero attached hydrogens (tertiary/aromatic N) is 4. The first-order valence-electron chi connectivity index (χ1n) is 15.0. The smallest absolute Gasteiger partial charge is 0.160 e. The zero-order valence-electron chi connectivity index (χ0n) is 24.6. The molecule has 0 radical (unpaired) electrons. The Hall–Kier alpha value is -5.83. The Balaban J connectivity index is 1.27. The van der Waals surface area contributed by atoms with E-state index in [9.17, 15) is 0 Å². The summed E-state index contributed by atoms with van der Waals surface area (Å²) in [6.45, 7) is 0. The predicted molar refractivity (Wildman–Crippen MR) is 191 cm³/mol. The summed E-state index contributed by atoms with van der Waals surface area (Å²) in [6.07, 6.45) is 0. The number of hydrogen-bond donors (Lipinski definition) is 0. The van der Waals surface area contributed by atoms with E-state index in [2.05, 4.69) is 124 Å². The zero-order valence-corrected chi connectivity index (χ0v) is 26.2. The normalized spacial score (nSPS) is 11.1. The van der Waals surface area contributed by atoms with Gasteiger partial charge in [0, 0.05) is 37.6 Å². The predicted octanol–water partition coefficient (Wildman–Crippen LogP) is 10.9. The fourth-order valence-electron chi connectivity index (χ4n) is 6.08. The highest BCUT2D eigenvalue weighted by atomic mass is 79.9. The third-order valence-electron chi connectivity index (χ3n) is 8.30. The molecule has 2 heterocycles. The van der Waals surface area contributed by atoms with Crippen LogP contribution in [0.5, 0.6) is 0 Å². The van der Waals surface area contributed by atoms with E-state index in [1.54, 1.807) is 0 Å². The summed E-state index contributed by atoms with van der Waals surface area (Å²) in [5.41, 5.74) is 10.8. The number of benzene rings is 6. The maximum Gasteiger partial charge on any atom is 0.160 e. The summed E-state index contributed by atoms with van der Waals surface area (Å²) in [5, 5.41) is 11.6. The molecule has 0 bridgehead atoms. The van der Waals surface area contributed by atoms with E-state index in [4.69, 9.17) is 15.2 Å². The highest BCUT2D eigenvalue weighted by Crippen LogP contribution is 2.36. The van der Waals surface area contributed by atoms with Gasteiger partial charge in [0.1, 0.15) is 0 Å². The van der Waals surface area contributed by atoms with Crippen LogP contribution in [0, 0.1) is 11.3 Å². The van der Waals surface area contributed by atoms with Gasteiger partial charge in [-0.3, -0.25) is 0 Å². The van der Waals surface area contributed by atoms with Gasteiger partial charge in [0.2, 0.25) is 0 Å². The molecule has 216 valence electrons. The Kier molecular flexibility index (Phi) is 6.98. The first kappa shape index (κ1) is 27.7. The van der Waals surface area contributed by atoms with Crippen LogP contribution < -0.4 is 0 Å². The van der Waals surface area contributed by atoms with Crippen molar-refractivity contribution in [3.8, 4) is 56.8 Å². The monoisotopic (exact) mass is 652 g/mol. The van der Waals surface area contributed by atoms with Crippen molar-refractivity contribution in [3.63, 3.8) is 0 Å². The molecule has 5 heteroatoms. The van der Waals surface area contributed by atoms with Crippen LogP contribution in [0.2, 0.25) is 0 Å². The van der Waals surface area contributed by atoms with Gasteiger partial charge in [-0.1, -0.05) is 119 Å². The van der Waals surface area contributed by atoms with Crippen LogP contribution >= 0.6 is 15.9 Å². The van der Waals surface area contributed by atoms with Gasteiger partial charge in [-0.15, -0.1) is 0 Å². The van der Waals surface area contributed by atoms with Gasteiger partial charge in [-0.05, 0) is 59.7 Å². The summed E-state index contributed by atoms with van der Waals surface area (Å²) < 4.78 is 3.29. The van der Waals surface area contributed by atoms with E-state index in [1.165, 1.54) is 10.8 Å². The third-order valence-corrected chi connectivity index (χ3v) is 8.76. The topological polar surface area (TPSA) is 54.5 Å². The van der Waals surface area contributed by atoms with Crippen LogP contribution in [0.3, 0.4) is 0 Å². The summed E-state index contributed by atoms with van der Waals surface area (Å²) in [5.74, 6) is 0.669. The van der Waals surface area contributed by atoms with Gasteiger partial charge in [0.05, 0.1) is 34.1 Å². The molecule has 0 amide bonds. The highest BCUT2D eigenvalue weighted by molar-refractivity contribution is 9.10. The minimum Gasteiger partial charge on any atom is -0.309 e. The minimum absolute atomic E-state index is 0.649. The number of halogens is 1. The van der Waals surface area contributed by atoms with E-state index in [1.807, 2.05) is 54.6 Å². The summed E-state index contributed by atoms with van der Waals surface area (Å²) >= 11 is 3.82. The molecule has 6 aromatic carbocycles.